The predicted molar refractivity (Wildman–Crippen MR) is 197 cm³/mol. The lowest BCUT2D eigenvalue weighted by molar-refractivity contribution is -0.159. The van der Waals surface area contributed by atoms with E-state index in [1.54, 1.807) is 0 Å². The molecule has 0 radical (unpaired) electrons. The van der Waals surface area contributed by atoms with Crippen LogP contribution >= 0.6 is 0 Å². The zero-order valence-electron chi connectivity index (χ0n) is 31.0. The lowest BCUT2D eigenvalue weighted by Gasteiger charge is -2.28. The number of hydrogen-bond donors (Lipinski definition) is 2. The van der Waals surface area contributed by atoms with Crippen LogP contribution in [-0.4, -0.2) is 48.6 Å². The molecule has 0 rings (SSSR count). The van der Waals surface area contributed by atoms with Crippen LogP contribution in [0.4, 0.5) is 0 Å². The molecule has 6 nitrogen and oxygen atoms in total. The van der Waals surface area contributed by atoms with Gasteiger partial charge in [-0.05, 0) is 64.2 Å². The van der Waals surface area contributed by atoms with E-state index in [0.29, 0.717) is 12.8 Å². The van der Waals surface area contributed by atoms with Crippen molar-refractivity contribution >= 4 is 11.9 Å². The average molecular weight is 665 g/mol. The molecule has 0 saturated carbocycles. The maximum absolute atomic E-state index is 12.3. The van der Waals surface area contributed by atoms with Crippen LogP contribution in [-0.2, 0) is 19.1 Å². The molecular weight excluding hydrogens is 588 g/mol. The number of esters is 2. The normalized spacial score (nSPS) is 12.0. The maximum atomic E-state index is 12.3. The van der Waals surface area contributed by atoms with Crippen molar-refractivity contribution in [2.24, 2.45) is 5.41 Å². The Hall–Kier alpha value is -1.66. The quantitative estimate of drug-likeness (QED) is 0.0393. The Morgan fingerprint density at radius 3 is 1.02 bits per heavy atom. The molecule has 0 aromatic heterocycles. The lowest BCUT2D eigenvalue weighted by Crippen LogP contribution is -2.41. The number of unbranched alkanes of at least 4 members (excludes halogenated alkanes) is 22. The molecule has 0 atom stereocenters. The minimum atomic E-state index is -1.17. The van der Waals surface area contributed by atoms with Gasteiger partial charge in [0, 0.05) is 12.8 Å². The number of ether oxygens (including phenoxy) is 2. The van der Waals surface area contributed by atoms with Gasteiger partial charge in [0.2, 0.25) is 0 Å². The van der Waals surface area contributed by atoms with Crippen LogP contribution in [0.15, 0.2) is 24.3 Å². The van der Waals surface area contributed by atoms with Gasteiger partial charge >= 0.3 is 11.9 Å². The third-order valence-electron chi connectivity index (χ3n) is 9.03. The van der Waals surface area contributed by atoms with E-state index >= 15 is 0 Å². The number of carbonyl (C=O) groups is 2. The molecule has 0 aromatic rings. The second kappa shape index (κ2) is 35.6. The van der Waals surface area contributed by atoms with Crippen molar-refractivity contribution in [2.45, 2.75) is 194 Å². The highest BCUT2D eigenvalue weighted by Crippen LogP contribution is 2.19. The van der Waals surface area contributed by atoms with E-state index in [9.17, 15) is 19.8 Å². The first-order valence-electron chi connectivity index (χ1n) is 19.9. The van der Waals surface area contributed by atoms with Crippen molar-refractivity contribution in [1.82, 2.24) is 0 Å². The van der Waals surface area contributed by atoms with Gasteiger partial charge in [-0.25, -0.2) is 0 Å². The van der Waals surface area contributed by atoms with E-state index in [1.807, 2.05) is 0 Å². The summed E-state index contributed by atoms with van der Waals surface area (Å²) in [6, 6.07) is 0. The van der Waals surface area contributed by atoms with Crippen LogP contribution in [0.2, 0.25) is 0 Å². The fraction of sp³-hybridized carbons (Fsp3) is 0.854. The molecule has 0 amide bonds. The highest BCUT2D eigenvalue weighted by atomic mass is 16.5. The summed E-state index contributed by atoms with van der Waals surface area (Å²) in [5.74, 6) is -0.679. The Labute approximate surface area is 290 Å². The van der Waals surface area contributed by atoms with E-state index in [-0.39, 0.29) is 25.2 Å². The number of hydrogen-bond acceptors (Lipinski definition) is 6. The molecule has 47 heavy (non-hydrogen) atoms. The Morgan fingerprint density at radius 1 is 0.447 bits per heavy atom. The first-order chi connectivity index (χ1) is 23.0. The van der Waals surface area contributed by atoms with E-state index in [0.717, 1.165) is 64.2 Å². The summed E-state index contributed by atoms with van der Waals surface area (Å²) in [6.45, 7) is 3.33. The van der Waals surface area contributed by atoms with Gasteiger partial charge in [-0.15, -0.1) is 0 Å². The minimum absolute atomic E-state index is 0.162. The van der Waals surface area contributed by atoms with Gasteiger partial charge < -0.3 is 19.7 Å². The van der Waals surface area contributed by atoms with Crippen LogP contribution in [0.1, 0.15) is 194 Å². The molecule has 0 fully saturated rings. The standard InChI is InChI=1S/C41H76O6/c1-3-5-7-9-11-13-15-17-19-21-23-25-27-29-31-33-39(44)46-37-41(35-42,36-43)38-47-40(45)34-32-30-28-26-24-22-20-18-16-14-12-10-8-6-4-2/h17-20,42-43H,3-16,21-38H2,1-2H3/b19-17+,20-18+. The molecule has 0 bridgehead atoms. The van der Waals surface area contributed by atoms with Gasteiger partial charge in [-0.1, -0.05) is 141 Å². The molecule has 0 aliphatic heterocycles. The second-order valence-electron chi connectivity index (χ2n) is 13.8. The summed E-state index contributed by atoms with van der Waals surface area (Å²) in [6.07, 6.45) is 41.1. The molecule has 0 unspecified atom stereocenters. The van der Waals surface area contributed by atoms with E-state index in [4.69, 9.17) is 9.47 Å². The van der Waals surface area contributed by atoms with Crippen molar-refractivity contribution < 1.29 is 29.3 Å². The van der Waals surface area contributed by atoms with Crippen molar-refractivity contribution in [2.75, 3.05) is 26.4 Å². The number of aliphatic hydroxyl groups is 2. The molecule has 0 aliphatic rings. The Bertz CT molecular complexity index is 684. The summed E-state index contributed by atoms with van der Waals surface area (Å²) < 4.78 is 10.7. The van der Waals surface area contributed by atoms with Crippen molar-refractivity contribution in [3.8, 4) is 0 Å². The summed E-state index contributed by atoms with van der Waals surface area (Å²) in [4.78, 5) is 24.5. The van der Waals surface area contributed by atoms with Crippen LogP contribution in [0.25, 0.3) is 0 Å². The van der Waals surface area contributed by atoms with Gasteiger partial charge in [-0.3, -0.25) is 9.59 Å². The minimum Gasteiger partial charge on any atom is -0.465 e. The second-order valence-corrected chi connectivity index (χ2v) is 13.8. The van der Waals surface area contributed by atoms with Crippen LogP contribution in [0, 0.1) is 5.41 Å². The van der Waals surface area contributed by atoms with Gasteiger partial charge in [-0.2, -0.15) is 0 Å². The zero-order valence-corrected chi connectivity index (χ0v) is 31.0. The Kier molecular flexibility index (Phi) is 34.4. The molecule has 2 N–H and O–H groups in total. The summed E-state index contributed by atoms with van der Waals surface area (Å²) in [5.41, 5.74) is -1.17. The monoisotopic (exact) mass is 665 g/mol. The molecule has 6 heteroatoms. The number of carbonyl (C=O) groups excluding carboxylic acids is 2. The van der Waals surface area contributed by atoms with E-state index in [1.165, 1.54) is 103 Å². The molecule has 0 saturated heterocycles. The summed E-state index contributed by atoms with van der Waals surface area (Å²) >= 11 is 0. The largest absolute Gasteiger partial charge is 0.465 e. The van der Waals surface area contributed by atoms with Gasteiger partial charge in [0.05, 0.1) is 18.6 Å². The van der Waals surface area contributed by atoms with Crippen LogP contribution in [0.5, 0.6) is 0 Å². The average Bonchev–Trinajstić information content (AvgIpc) is 3.08. The highest BCUT2D eigenvalue weighted by molar-refractivity contribution is 5.69. The maximum Gasteiger partial charge on any atom is 0.305 e. The molecule has 276 valence electrons. The first kappa shape index (κ1) is 45.3. The third kappa shape index (κ3) is 31.4. The number of aliphatic hydroxyl groups excluding tert-OH is 2. The molecule has 0 aromatic carbocycles. The van der Waals surface area contributed by atoms with Crippen LogP contribution < -0.4 is 0 Å². The Morgan fingerprint density at radius 2 is 0.723 bits per heavy atom. The Balaban J connectivity index is 3.81. The highest BCUT2D eigenvalue weighted by Gasteiger charge is 2.33. The predicted octanol–water partition coefficient (Wildman–Crippen LogP) is 11.1. The smallest absolute Gasteiger partial charge is 0.305 e. The van der Waals surface area contributed by atoms with Gasteiger partial charge in [0.1, 0.15) is 13.2 Å². The fourth-order valence-corrected chi connectivity index (χ4v) is 5.57. The van der Waals surface area contributed by atoms with Crippen LogP contribution in [0.3, 0.4) is 0 Å². The summed E-state index contributed by atoms with van der Waals surface area (Å²) in [5, 5.41) is 19.8. The fourth-order valence-electron chi connectivity index (χ4n) is 5.57. The topological polar surface area (TPSA) is 93.1 Å². The van der Waals surface area contributed by atoms with E-state index in [2.05, 4.69) is 38.2 Å². The summed E-state index contributed by atoms with van der Waals surface area (Å²) in [7, 11) is 0. The van der Waals surface area contributed by atoms with Crippen molar-refractivity contribution in [3.63, 3.8) is 0 Å². The van der Waals surface area contributed by atoms with E-state index < -0.39 is 18.6 Å². The molecular formula is C41H76O6. The molecule has 0 aliphatic carbocycles. The lowest BCUT2D eigenvalue weighted by atomic mass is 9.92. The van der Waals surface area contributed by atoms with Gasteiger partial charge in [0.15, 0.2) is 0 Å². The van der Waals surface area contributed by atoms with Crippen molar-refractivity contribution in [1.29, 1.82) is 0 Å². The zero-order chi connectivity index (χ0) is 34.5. The third-order valence-corrected chi connectivity index (χ3v) is 9.03. The molecule has 0 spiro atoms. The molecule has 0 heterocycles. The van der Waals surface area contributed by atoms with Gasteiger partial charge in [0.25, 0.3) is 0 Å². The number of rotatable bonds is 36. The SMILES string of the molecule is CCCCCCCC/C=C/CCCCCCCC(=O)OCC(CO)(CO)COC(=O)CCCCCCC/C=C/CCCCCCCC. The number of allylic oxidation sites excluding steroid dienone is 4. The van der Waals surface area contributed by atoms with Crippen molar-refractivity contribution in [3.05, 3.63) is 24.3 Å². The first-order valence-corrected chi connectivity index (χ1v) is 19.9.